The molecule has 3 aromatic carbocycles. The lowest BCUT2D eigenvalue weighted by atomic mass is 10.1. The first-order chi connectivity index (χ1) is 16.8. The van der Waals surface area contributed by atoms with Gasteiger partial charge >= 0.3 is 0 Å². The average molecular weight is 483 g/mol. The number of H-pyrrole nitrogens is 1. The Hall–Kier alpha value is -3.84. The van der Waals surface area contributed by atoms with Crippen molar-refractivity contribution < 1.29 is 4.79 Å². The fourth-order valence-corrected chi connectivity index (χ4v) is 5.14. The lowest BCUT2D eigenvalue weighted by molar-refractivity contribution is -0.113. The Balaban J connectivity index is 1.58. The molecule has 0 bridgehead atoms. The highest BCUT2D eigenvalue weighted by Crippen LogP contribution is 2.27. The van der Waals surface area contributed by atoms with Gasteiger partial charge in [-0.15, -0.1) is 0 Å². The molecular weight excluding hydrogens is 456 g/mol. The van der Waals surface area contributed by atoms with Crippen LogP contribution < -0.4 is 10.9 Å². The quantitative estimate of drug-likeness (QED) is 0.244. The van der Waals surface area contributed by atoms with E-state index >= 15 is 0 Å². The number of nitrogens with one attached hydrogen (secondary N) is 2. The SMILES string of the molecule is Cc1cc(C)cc(-n2c(SCC(=O)Nc3cc(C)ccc3C)nc3c([nH]c4ccccc43)c2=O)c1. The molecule has 0 aliphatic rings. The van der Waals surface area contributed by atoms with E-state index in [2.05, 4.69) is 16.4 Å². The molecule has 35 heavy (non-hydrogen) atoms. The number of carbonyl (C=O) groups is 1. The summed E-state index contributed by atoms with van der Waals surface area (Å²) in [5.41, 5.74) is 7.44. The van der Waals surface area contributed by atoms with Gasteiger partial charge in [0.15, 0.2) is 5.16 Å². The van der Waals surface area contributed by atoms with Crippen molar-refractivity contribution in [3.8, 4) is 5.69 Å². The van der Waals surface area contributed by atoms with Crippen LogP contribution in [0.2, 0.25) is 0 Å². The van der Waals surface area contributed by atoms with Crippen molar-refractivity contribution in [2.24, 2.45) is 0 Å². The number of nitrogens with zero attached hydrogens (tertiary/aromatic N) is 2. The van der Waals surface area contributed by atoms with Crippen LogP contribution in [-0.4, -0.2) is 26.2 Å². The second kappa shape index (κ2) is 9.07. The molecule has 0 aliphatic heterocycles. The van der Waals surface area contributed by atoms with Crippen LogP contribution in [0.3, 0.4) is 0 Å². The minimum absolute atomic E-state index is 0.123. The minimum Gasteiger partial charge on any atom is -0.349 e. The van der Waals surface area contributed by atoms with Gasteiger partial charge in [-0.25, -0.2) is 4.98 Å². The molecule has 5 rings (SSSR count). The molecule has 2 heterocycles. The Morgan fingerprint density at radius 2 is 1.71 bits per heavy atom. The average Bonchev–Trinajstić information content (AvgIpc) is 3.18. The summed E-state index contributed by atoms with van der Waals surface area (Å²) in [6.07, 6.45) is 0. The Morgan fingerprint density at radius 1 is 0.971 bits per heavy atom. The van der Waals surface area contributed by atoms with Gasteiger partial charge in [0, 0.05) is 16.6 Å². The lowest BCUT2D eigenvalue weighted by Gasteiger charge is -2.14. The van der Waals surface area contributed by atoms with E-state index in [-0.39, 0.29) is 17.2 Å². The van der Waals surface area contributed by atoms with Gasteiger partial charge in [-0.1, -0.05) is 48.2 Å². The van der Waals surface area contributed by atoms with Crippen LogP contribution in [-0.2, 0) is 4.79 Å². The third kappa shape index (κ3) is 4.47. The number of aryl methyl sites for hydroxylation is 4. The Morgan fingerprint density at radius 3 is 2.49 bits per heavy atom. The van der Waals surface area contributed by atoms with Crippen LogP contribution in [0.5, 0.6) is 0 Å². The van der Waals surface area contributed by atoms with Gasteiger partial charge in [0.2, 0.25) is 5.91 Å². The highest BCUT2D eigenvalue weighted by molar-refractivity contribution is 7.99. The molecule has 0 saturated carbocycles. The molecule has 7 heteroatoms. The molecule has 0 saturated heterocycles. The van der Waals surface area contributed by atoms with E-state index in [1.165, 1.54) is 11.8 Å². The molecule has 6 nitrogen and oxygen atoms in total. The Bertz CT molecular complexity index is 1650. The fourth-order valence-electron chi connectivity index (χ4n) is 4.33. The van der Waals surface area contributed by atoms with Crippen molar-refractivity contribution in [3.63, 3.8) is 0 Å². The number of carbonyl (C=O) groups excluding carboxylic acids is 1. The van der Waals surface area contributed by atoms with Gasteiger partial charge in [0.1, 0.15) is 11.0 Å². The summed E-state index contributed by atoms with van der Waals surface area (Å²) in [6, 6.07) is 19.7. The van der Waals surface area contributed by atoms with Crippen LogP contribution in [0.15, 0.2) is 70.6 Å². The molecule has 0 atom stereocenters. The number of rotatable bonds is 5. The zero-order valence-electron chi connectivity index (χ0n) is 20.1. The number of benzene rings is 3. The van der Waals surface area contributed by atoms with Crippen molar-refractivity contribution in [2.45, 2.75) is 32.9 Å². The molecule has 1 amide bonds. The van der Waals surface area contributed by atoms with Crippen LogP contribution in [0.4, 0.5) is 5.69 Å². The number of anilines is 1. The van der Waals surface area contributed by atoms with Gasteiger partial charge in [-0.2, -0.15) is 0 Å². The molecule has 0 unspecified atom stereocenters. The van der Waals surface area contributed by atoms with E-state index in [1.807, 2.05) is 82.3 Å². The second-order valence-corrected chi connectivity index (χ2v) is 9.87. The Kier molecular flexibility index (Phi) is 5.94. The maximum absolute atomic E-state index is 13.7. The summed E-state index contributed by atoms with van der Waals surface area (Å²) in [4.78, 5) is 34.7. The number of fused-ring (bicyclic) bond motifs is 3. The van der Waals surface area contributed by atoms with E-state index in [0.29, 0.717) is 16.2 Å². The molecule has 0 aliphatic carbocycles. The van der Waals surface area contributed by atoms with Crippen molar-refractivity contribution >= 4 is 45.3 Å². The largest absolute Gasteiger partial charge is 0.349 e. The maximum atomic E-state index is 13.7. The predicted octanol–water partition coefficient (Wildman–Crippen LogP) is 5.83. The van der Waals surface area contributed by atoms with Gasteiger partial charge in [0.25, 0.3) is 5.56 Å². The van der Waals surface area contributed by atoms with Crippen molar-refractivity contribution in [2.75, 3.05) is 11.1 Å². The van der Waals surface area contributed by atoms with Gasteiger partial charge in [0.05, 0.1) is 11.4 Å². The molecule has 0 spiro atoms. The molecule has 2 N–H and O–H groups in total. The number of hydrogen-bond donors (Lipinski definition) is 2. The summed E-state index contributed by atoms with van der Waals surface area (Å²) in [5, 5.41) is 4.36. The topological polar surface area (TPSA) is 79.8 Å². The third-order valence-electron chi connectivity index (χ3n) is 5.96. The normalized spacial score (nSPS) is 11.3. The summed E-state index contributed by atoms with van der Waals surface area (Å²) in [6.45, 7) is 7.96. The van der Waals surface area contributed by atoms with Crippen LogP contribution in [0, 0.1) is 27.7 Å². The van der Waals surface area contributed by atoms with Gasteiger partial charge < -0.3 is 10.3 Å². The van der Waals surface area contributed by atoms with Crippen molar-refractivity contribution in [1.29, 1.82) is 0 Å². The van der Waals surface area contributed by atoms with E-state index in [9.17, 15) is 9.59 Å². The predicted molar refractivity (Wildman–Crippen MR) is 144 cm³/mol. The standard InChI is InChI=1S/C28H26N4O2S/c1-16-9-10-19(4)23(14-16)29-24(33)15-35-28-31-25-21-7-5-6-8-22(21)30-26(25)27(34)32(28)20-12-17(2)11-18(3)13-20/h5-14,30H,15H2,1-4H3,(H,29,33). The highest BCUT2D eigenvalue weighted by Gasteiger charge is 2.18. The van der Waals surface area contributed by atoms with Crippen LogP contribution >= 0.6 is 11.8 Å². The van der Waals surface area contributed by atoms with E-state index in [4.69, 9.17) is 4.98 Å². The lowest BCUT2D eigenvalue weighted by Crippen LogP contribution is -2.23. The smallest absolute Gasteiger partial charge is 0.283 e. The minimum atomic E-state index is -0.186. The van der Waals surface area contributed by atoms with Crippen LogP contribution in [0.1, 0.15) is 22.3 Å². The Labute approximate surface area is 207 Å². The number of thioether (sulfide) groups is 1. The molecule has 2 aromatic heterocycles. The number of hydrogen-bond acceptors (Lipinski definition) is 4. The first-order valence-corrected chi connectivity index (χ1v) is 12.4. The zero-order valence-corrected chi connectivity index (χ0v) is 20.9. The van der Waals surface area contributed by atoms with Gasteiger partial charge in [-0.3, -0.25) is 14.2 Å². The first kappa shape index (κ1) is 22.9. The summed E-state index contributed by atoms with van der Waals surface area (Å²) >= 11 is 1.26. The second-order valence-electron chi connectivity index (χ2n) is 8.93. The molecule has 5 aromatic rings. The van der Waals surface area contributed by atoms with E-state index in [0.717, 1.165) is 44.5 Å². The summed E-state index contributed by atoms with van der Waals surface area (Å²) in [5.74, 6) is -0.0256. The summed E-state index contributed by atoms with van der Waals surface area (Å²) in [7, 11) is 0. The first-order valence-electron chi connectivity index (χ1n) is 11.4. The van der Waals surface area contributed by atoms with Crippen molar-refractivity contribution in [1.82, 2.24) is 14.5 Å². The third-order valence-corrected chi connectivity index (χ3v) is 6.90. The molecule has 0 fully saturated rings. The number of aromatic amines is 1. The van der Waals surface area contributed by atoms with E-state index < -0.39 is 0 Å². The molecule has 0 radical (unpaired) electrons. The zero-order chi connectivity index (χ0) is 24.7. The highest BCUT2D eigenvalue weighted by atomic mass is 32.2. The fraction of sp³-hybridized carbons (Fsp3) is 0.179. The maximum Gasteiger partial charge on any atom is 0.283 e. The monoisotopic (exact) mass is 482 g/mol. The number of aromatic nitrogens is 3. The van der Waals surface area contributed by atoms with Crippen molar-refractivity contribution in [3.05, 3.63) is 93.3 Å². The summed E-state index contributed by atoms with van der Waals surface area (Å²) < 4.78 is 1.60. The van der Waals surface area contributed by atoms with E-state index in [1.54, 1.807) is 4.57 Å². The molecular formula is C28H26N4O2S. The number of para-hydroxylation sites is 1. The van der Waals surface area contributed by atoms with Crippen LogP contribution in [0.25, 0.3) is 27.6 Å². The number of amides is 1. The van der Waals surface area contributed by atoms with Gasteiger partial charge in [-0.05, 0) is 74.2 Å². The molecule has 176 valence electrons.